The third-order valence-corrected chi connectivity index (χ3v) is 8.49. The van der Waals surface area contributed by atoms with Crippen molar-refractivity contribution in [2.45, 2.75) is 84.7 Å². The van der Waals surface area contributed by atoms with Gasteiger partial charge in [-0.15, -0.1) is 6.58 Å². The standard InChI is InChI=1S/C16H32NOP.C7H14O.2CH3.Fe/c1-6-11-17-19(16(13(2)3)14(4)5)18-12-15-9-7-8-10-15;1-8-6-7-4-2-3-5-7;;;/h6,13-17H,1,7-12H2,2-5H3;7H,2-6H2,1H3;2*1H3;/q;;2*-1;+2. The first-order chi connectivity index (χ1) is 13.0. The number of hydrogen-bond donors (Lipinski definition) is 1. The quantitative estimate of drug-likeness (QED) is 0.141. The van der Waals surface area contributed by atoms with E-state index in [1.165, 1.54) is 51.4 Å². The van der Waals surface area contributed by atoms with E-state index >= 15 is 0 Å². The van der Waals surface area contributed by atoms with Crippen molar-refractivity contribution in [1.82, 2.24) is 5.09 Å². The average molecular weight is 486 g/mol. The van der Waals surface area contributed by atoms with Crippen LogP contribution in [0.5, 0.6) is 0 Å². The van der Waals surface area contributed by atoms with Gasteiger partial charge in [-0.2, -0.15) is 0 Å². The third kappa shape index (κ3) is 14.6. The van der Waals surface area contributed by atoms with Crippen LogP contribution in [0.25, 0.3) is 0 Å². The summed E-state index contributed by atoms with van der Waals surface area (Å²) in [5.41, 5.74) is 0.622. The summed E-state index contributed by atoms with van der Waals surface area (Å²) in [4.78, 5) is 0. The molecule has 2 rings (SSSR count). The molecule has 0 aromatic heterocycles. The van der Waals surface area contributed by atoms with E-state index in [1.807, 2.05) is 6.08 Å². The first kappa shape index (κ1) is 35.2. The Morgan fingerprint density at radius 2 is 1.33 bits per heavy atom. The molecule has 0 aromatic rings. The molecule has 0 heterocycles. The van der Waals surface area contributed by atoms with E-state index in [9.17, 15) is 0 Å². The summed E-state index contributed by atoms with van der Waals surface area (Å²) in [6, 6.07) is 0. The molecule has 2 aliphatic rings. The molecule has 5 heteroatoms. The van der Waals surface area contributed by atoms with Crippen LogP contribution in [-0.4, -0.2) is 32.5 Å². The molecule has 182 valence electrons. The van der Waals surface area contributed by atoms with Crippen LogP contribution in [0.2, 0.25) is 0 Å². The maximum absolute atomic E-state index is 6.32. The van der Waals surface area contributed by atoms with Gasteiger partial charge < -0.3 is 24.1 Å². The Kier molecular flexibility index (Phi) is 25.1. The summed E-state index contributed by atoms with van der Waals surface area (Å²) < 4.78 is 11.3. The molecular formula is C25H52FeNO2P. The minimum absolute atomic E-state index is 0. The second kappa shape index (κ2) is 21.4. The second-order valence-corrected chi connectivity index (χ2v) is 10.8. The Morgan fingerprint density at radius 3 is 1.70 bits per heavy atom. The molecule has 0 saturated heterocycles. The zero-order chi connectivity index (χ0) is 20.1. The largest absolute Gasteiger partial charge is 2.00 e. The van der Waals surface area contributed by atoms with Crippen LogP contribution < -0.4 is 5.09 Å². The maximum atomic E-state index is 6.32. The molecule has 3 nitrogen and oxygen atoms in total. The average Bonchev–Trinajstić information content (AvgIpc) is 3.31. The van der Waals surface area contributed by atoms with Crippen LogP contribution in [0.4, 0.5) is 0 Å². The second-order valence-electron chi connectivity index (χ2n) is 9.01. The van der Waals surface area contributed by atoms with Crippen molar-refractivity contribution in [1.29, 1.82) is 0 Å². The van der Waals surface area contributed by atoms with Gasteiger partial charge in [-0.25, -0.2) is 0 Å². The molecule has 2 fully saturated rings. The normalized spacial score (nSPS) is 17.7. The third-order valence-electron chi connectivity index (χ3n) is 5.83. The molecule has 0 spiro atoms. The van der Waals surface area contributed by atoms with E-state index in [-0.39, 0.29) is 31.9 Å². The van der Waals surface area contributed by atoms with Crippen LogP contribution in [0.15, 0.2) is 12.7 Å². The molecular weight excluding hydrogens is 433 g/mol. The Morgan fingerprint density at radius 1 is 0.900 bits per heavy atom. The van der Waals surface area contributed by atoms with Gasteiger partial charge in [0.2, 0.25) is 0 Å². The van der Waals surface area contributed by atoms with Crippen molar-refractivity contribution < 1.29 is 26.3 Å². The van der Waals surface area contributed by atoms with E-state index in [1.54, 1.807) is 7.11 Å². The fourth-order valence-corrected chi connectivity index (χ4v) is 6.72. The van der Waals surface area contributed by atoms with Gasteiger partial charge in [-0.05, 0) is 49.4 Å². The van der Waals surface area contributed by atoms with Crippen LogP contribution in [-0.2, 0) is 26.3 Å². The zero-order valence-electron chi connectivity index (χ0n) is 21.1. The Bertz CT molecular complexity index is 362. The monoisotopic (exact) mass is 485 g/mol. The van der Waals surface area contributed by atoms with Gasteiger partial charge in [0.1, 0.15) is 8.30 Å². The number of hydrogen-bond acceptors (Lipinski definition) is 3. The summed E-state index contributed by atoms with van der Waals surface area (Å²) in [6.07, 6.45) is 13.1. The Hall–Kier alpha value is 0.569. The number of rotatable bonds is 11. The molecule has 2 aliphatic carbocycles. The summed E-state index contributed by atoms with van der Waals surface area (Å²) in [6.45, 7) is 15.9. The fraction of sp³-hybridized carbons (Fsp3) is 0.840. The van der Waals surface area contributed by atoms with E-state index in [2.05, 4.69) is 39.4 Å². The van der Waals surface area contributed by atoms with Gasteiger partial charge in [0.25, 0.3) is 0 Å². The molecule has 0 radical (unpaired) electrons. The summed E-state index contributed by atoms with van der Waals surface area (Å²) in [5, 5.41) is 3.58. The van der Waals surface area contributed by atoms with Crippen LogP contribution in [0.3, 0.4) is 0 Å². The zero-order valence-corrected chi connectivity index (χ0v) is 23.1. The number of nitrogens with one attached hydrogen (secondary N) is 1. The van der Waals surface area contributed by atoms with E-state index < -0.39 is 8.30 Å². The first-order valence-corrected chi connectivity index (χ1v) is 12.6. The van der Waals surface area contributed by atoms with Gasteiger partial charge in [0.15, 0.2) is 0 Å². The van der Waals surface area contributed by atoms with Crippen LogP contribution in [0.1, 0.15) is 79.1 Å². The van der Waals surface area contributed by atoms with Gasteiger partial charge in [-0.3, -0.25) is 5.09 Å². The van der Waals surface area contributed by atoms with Crippen LogP contribution >= 0.6 is 8.30 Å². The van der Waals surface area contributed by atoms with Crippen molar-refractivity contribution in [2.24, 2.45) is 23.7 Å². The predicted molar refractivity (Wildman–Crippen MR) is 133 cm³/mol. The summed E-state index contributed by atoms with van der Waals surface area (Å²) in [5.74, 6) is 3.01. The van der Waals surface area contributed by atoms with Crippen molar-refractivity contribution in [3.8, 4) is 0 Å². The molecule has 2 saturated carbocycles. The maximum Gasteiger partial charge on any atom is 2.00 e. The van der Waals surface area contributed by atoms with Gasteiger partial charge in [-0.1, -0.05) is 59.5 Å². The van der Waals surface area contributed by atoms with Crippen molar-refractivity contribution in [3.05, 3.63) is 27.5 Å². The minimum atomic E-state index is -0.546. The molecule has 0 aliphatic heterocycles. The SMILES string of the molecule is C=CCNP(OCC1CCCC1)C(C(C)C)C(C)C.COCC1CCCC1.[CH3-].[CH3-].[Fe+2]. The fourth-order valence-electron chi connectivity index (χ4n) is 4.48. The number of ether oxygens (including phenoxy) is 1. The number of methoxy groups -OCH3 is 1. The topological polar surface area (TPSA) is 30.5 Å². The molecule has 1 atom stereocenters. The van der Waals surface area contributed by atoms with Crippen molar-refractivity contribution in [3.63, 3.8) is 0 Å². The molecule has 0 bridgehead atoms. The molecule has 0 aromatic carbocycles. The smallest absolute Gasteiger partial charge is 0.384 e. The van der Waals surface area contributed by atoms with E-state index in [0.29, 0.717) is 17.5 Å². The molecule has 30 heavy (non-hydrogen) atoms. The van der Waals surface area contributed by atoms with E-state index in [4.69, 9.17) is 9.26 Å². The van der Waals surface area contributed by atoms with E-state index in [0.717, 1.165) is 31.6 Å². The van der Waals surface area contributed by atoms with Gasteiger partial charge in [0, 0.05) is 25.9 Å². The summed E-state index contributed by atoms with van der Waals surface area (Å²) >= 11 is 0. The minimum Gasteiger partial charge on any atom is -0.384 e. The van der Waals surface area contributed by atoms with Gasteiger partial charge >= 0.3 is 17.1 Å². The Labute approximate surface area is 202 Å². The van der Waals surface area contributed by atoms with Crippen molar-refractivity contribution in [2.75, 3.05) is 26.9 Å². The summed E-state index contributed by atoms with van der Waals surface area (Å²) in [7, 11) is 1.24. The van der Waals surface area contributed by atoms with Crippen LogP contribution in [0, 0.1) is 38.5 Å². The molecule has 1 unspecified atom stereocenters. The molecule has 0 amide bonds. The first-order valence-electron chi connectivity index (χ1n) is 11.2. The Balaban J connectivity index is -0.000000565. The molecule has 1 N–H and O–H groups in total. The van der Waals surface area contributed by atoms with Gasteiger partial charge in [0.05, 0.1) is 6.61 Å². The van der Waals surface area contributed by atoms with Crippen molar-refractivity contribution >= 4 is 8.30 Å². The predicted octanol–water partition coefficient (Wildman–Crippen LogP) is 7.68.